The maximum absolute atomic E-state index is 14.0. The number of carbonyl (C=O) groups is 1. The summed E-state index contributed by atoms with van der Waals surface area (Å²) < 4.78 is 65.4. The molecule has 0 aliphatic carbocycles. The van der Waals surface area contributed by atoms with Gasteiger partial charge in [0, 0.05) is 57.4 Å². The van der Waals surface area contributed by atoms with Gasteiger partial charge in [0.15, 0.2) is 11.6 Å². The minimum absolute atomic E-state index is 0. The molecule has 2 saturated heterocycles. The van der Waals surface area contributed by atoms with Crippen molar-refractivity contribution in [1.29, 1.82) is 0 Å². The zero-order chi connectivity index (χ0) is 28.3. The molecular weight excluding hydrogens is 585 g/mol. The Hall–Kier alpha value is -2.11. The number of hydrogen-bond acceptors (Lipinski definition) is 5. The van der Waals surface area contributed by atoms with Crippen LogP contribution in [0.2, 0.25) is 0 Å². The van der Waals surface area contributed by atoms with E-state index in [2.05, 4.69) is 23.6 Å². The van der Waals surface area contributed by atoms with Crippen LogP contribution < -0.4 is 4.74 Å². The fraction of sp³-hybridized carbons (Fsp3) is 0.552. The molecule has 230 valence electrons. The van der Waals surface area contributed by atoms with E-state index in [4.69, 9.17) is 9.47 Å². The van der Waals surface area contributed by atoms with Gasteiger partial charge in [-0.3, -0.25) is 14.6 Å². The van der Waals surface area contributed by atoms with E-state index in [1.165, 1.54) is 19.2 Å². The highest BCUT2D eigenvalue weighted by Crippen LogP contribution is 2.31. The third-order valence-corrected chi connectivity index (χ3v) is 7.39. The van der Waals surface area contributed by atoms with E-state index >= 15 is 0 Å². The second-order valence-corrected chi connectivity index (χ2v) is 10.7. The summed E-state index contributed by atoms with van der Waals surface area (Å²) in [4.78, 5) is 20.0. The number of methoxy groups -OCH3 is 1. The highest BCUT2D eigenvalue weighted by Gasteiger charge is 2.35. The van der Waals surface area contributed by atoms with Crippen LogP contribution in [-0.2, 0) is 17.3 Å². The molecule has 2 aromatic rings. The number of amides is 1. The SMILES string of the molecule is COc1cc(C[C@@H]2CN(CCN3CC(C)OC(C)C3)CCN2C(=O)c2cc(C)cc(C(F)(F)F)c2)ccc1F.Cl.Cl. The first-order valence-corrected chi connectivity index (χ1v) is 13.4. The van der Waals surface area contributed by atoms with Crippen LogP contribution in [0.25, 0.3) is 0 Å². The van der Waals surface area contributed by atoms with E-state index in [0.717, 1.165) is 43.9 Å². The Labute approximate surface area is 251 Å². The van der Waals surface area contributed by atoms with Gasteiger partial charge in [-0.25, -0.2) is 4.39 Å². The van der Waals surface area contributed by atoms with Crippen LogP contribution in [0.4, 0.5) is 17.6 Å². The van der Waals surface area contributed by atoms with Crippen LogP contribution in [0, 0.1) is 12.7 Å². The number of alkyl halides is 3. The summed E-state index contributed by atoms with van der Waals surface area (Å²) in [6, 6.07) is 7.77. The maximum atomic E-state index is 14.0. The number of hydrogen-bond donors (Lipinski definition) is 0. The fourth-order valence-corrected chi connectivity index (χ4v) is 5.65. The lowest BCUT2D eigenvalue weighted by molar-refractivity contribution is -0.137. The van der Waals surface area contributed by atoms with Crippen molar-refractivity contribution in [3.8, 4) is 5.75 Å². The number of piperazine rings is 1. The monoisotopic (exact) mass is 623 g/mol. The van der Waals surface area contributed by atoms with E-state index in [9.17, 15) is 22.4 Å². The van der Waals surface area contributed by atoms with Crippen LogP contribution in [-0.4, -0.2) is 91.8 Å². The predicted molar refractivity (Wildman–Crippen MR) is 155 cm³/mol. The number of rotatable bonds is 7. The summed E-state index contributed by atoms with van der Waals surface area (Å²) in [6.07, 6.45) is -3.79. The van der Waals surface area contributed by atoms with Crippen LogP contribution in [0.15, 0.2) is 36.4 Å². The molecule has 0 bridgehead atoms. The average molecular weight is 625 g/mol. The average Bonchev–Trinajstić information content (AvgIpc) is 2.87. The molecule has 2 fully saturated rings. The highest BCUT2D eigenvalue weighted by molar-refractivity contribution is 5.95. The summed E-state index contributed by atoms with van der Waals surface area (Å²) in [5.41, 5.74) is 0.349. The molecule has 3 atom stereocenters. The molecule has 41 heavy (non-hydrogen) atoms. The Balaban J connectivity index is 0.00000294. The molecule has 6 nitrogen and oxygen atoms in total. The fourth-order valence-electron chi connectivity index (χ4n) is 5.65. The summed E-state index contributed by atoms with van der Waals surface area (Å²) in [7, 11) is 1.39. The second kappa shape index (κ2) is 14.9. The Morgan fingerprint density at radius 2 is 1.63 bits per heavy atom. The van der Waals surface area contributed by atoms with Crippen molar-refractivity contribution < 1.29 is 31.8 Å². The van der Waals surface area contributed by atoms with Crippen LogP contribution in [0.5, 0.6) is 5.75 Å². The molecule has 2 unspecified atom stereocenters. The van der Waals surface area contributed by atoms with E-state index in [0.29, 0.717) is 31.6 Å². The molecule has 0 spiro atoms. The van der Waals surface area contributed by atoms with Crippen LogP contribution in [0.3, 0.4) is 0 Å². The van der Waals surface area contributed by atoms with E-state index < -0.39 is 23.5 Å². The van der Waals surface area contributed by atoms with Crippen molar-refractivity contribution in [2.45, 2.75) is 51.6 Å². The molecule has 2 aromatic carbocycles. The maximum Gasteiger partial charge on any atom is 0.416 e. The Morgan fingerprint density at radius 1 is 0.976 bits per heavy atom. The van der Waals surface area contributed by atoms with Gasteiger partial charge in [-0.2, -0.15) is 13.2 Å². The number of ether oxygens (including phenoxy) is 2. The standard InChI is InChI=1S/C29H37F4N3O3.2ClH/c1-19-11-23(15-24(12-19)29(31,32)33)28(37)36-10-9-34(7-8-35-16-20(2)39-21(3)17-35)18-25(36)13-22-5-6-26(30)27(14-22)38-4;;/h5-6,11-12,14-15,20-21,25H,7-10,13,16-18H2,1-4H3;2*1H/t20?,21?,25-;;/m1../s1. The van der Waals surface area contributed by atoms with Gasteiger partial charge in [0.2, 0.25) is 0 Å². The lowest BCUT2D eigenvalue weighted by Crippen LogP contribution is -2.57. The molecule has 0 saturated carbocycles. The predicted octanol–water partition coefficient (Wildman–Crippen LogP) is 5.48. The Kier molecular flexibility index (Phi) is 12.7. The number of aryl methyl sites for hydroxylation is 1. The van der Waals surface area contributed by atoms with Gasteiger partial charge in [0.1, 0.15) is 0 Å². The van der Waals surface area contributed by atoms with Gasteiger partial charge < -0.3 is 14.4 Å². The van der Waals surface area contributed by atoms with E-state index in [-0.39, 0.29) is 54.4 Å². The van der Waals surface area contributed by atoms with Crippen molar-refractivity contribution in [1.82, 2.24) is 14.7 Å². The molecule has 0 aromatic heterocycles. The smallest absolute Gasteiger partial charge is 0.416 e. The lowest BCUT2D eigenvalue weighted by Gasteiger charge is -2.43. The second-order valence-electron chi connectivity index (χ2n) is 10.7. The molecule has 2 aliphatic rings. The molecule has 0 N–H and O–H groups in total. The first kappa shape index (κ1) is 35.1. The van der Waals surface area contributed by atoms with Crippen molar-refractivity contribution in [3.63, 3.8) is 0 Å². The molecule has 0 radical (unpaired) electrons. The van der Waals surface area contributed by atoms with Crippen molar-refractivity contribution in [2.24, 2.45) is 0 Å². The molecule has 2 aliphatic heterocycles. The third kappa shape index (κ3) is 9.19. The summed E-state index contributed by atoms with van der Waals surface area (Å²) >= 11 is 0. The summed E-state index contributed by atoms with van der Waals surface area (Å²) in [5, 5.41) is 0. The Morgan fingerprint density at radius 3 is 2.27 bits per heavy atom. The first-order valence-electron chi connectivity index (χ1n) is 13.4. The Bertz CT molecular complexity index is 1160. The lowest BCUT2D eigenvalue weighted by atomic mass is 9.99. The summed E-state index contributed by atoms with van der Waals surface area (Å²) in [5.74, 6) is -0.797. The minimum Gasteiger partial charge on any atom is -0.494 e. The van der Waals surface area contributed by atoms with Crippen molar-refractivity contribution in [3.05, 3.63) is 64.5 Å². The van der Waals surface area contributed by atoms with Gasteiger partial charge in [0.25, 0.3) is 5.91 Å². The number of halogens is 6. The zero-order valence-corrected chi connectivity index (χ0v) is 25.4. The van der Waals surface area contributed by atoms with Gasteiger partial charge in [-0.05, 0) is 68.7 Å². The number of benzene rings is 2. The summed E-state index contributed by atoms with van der Waals surface area (Å²) in [6.45, 7) is 10.6. The van der Waals surface area contributed by atoms with Crippen molar-refractivity contribution in [2.75, 3.05) is 52.9 Å². The topological polar surface area (TPSA) is 45.2 Å². The van der Waals surface area contributed by atoms with Gasteiger partial charge in [0.05, 0.1) is 24.9 Å². The van der Waals surface area contributed by atoms with E-state index in [1.54, 1.807) is 24.0 Å². The van der Waals surface area contributed by atoms with Crippen LogP contribution in [0.1, 0.15) is 40.9 Å². The normalized spacial score (nSPS) is 22.0. The number of morpholine rings is 1. The number of nitrogens with zero attached hydrogens (tertiary/aromatic N) is 3. The zero-order valence-electron chi connectivity index (χ0n) is 23.7. The quantitative estimate of drug-likeness (QED) is 0.382. The molecule has 12 heteroatoms. The number of carbonyl (C=O) groups excluding carboxylic acids is 1. The molecule has 1 amide bonds. The van der Waals surface area contributed by atoms with Crippen molar-refractivity contribution >= 4 is 30.7 Å². The van der Waals surface area contributed by atoms with Gasteiger partial charge in [-0.15, -0.1) is 24.8 Å². The molecule has 4 rings (SSSR count). The largest absolute Gasteiger partial charge is 0.494 e. The first-order chi connectivity index (χ1) is 18.4. The molecule has 2 heterocycles. The third-order valence-electron chi connectivity index (χ3n) is 7.39. The van der Waals surface area contributed by atoms with Gasteiger partial charge in [-0.1, -0.05) is 6.07 Å². The van der Waals surface area contributed by atoms with E-state index in [1.807, 2.05) is 0 Å². The highest BCUT2D eigenvalue weighted by atomic mass is 35.5. The molecular formula is C29H39Cl2F4N3O3. The minimum atomic E-state index is -4.54. The van der Waals surface area contributed by atoms with Crippen LogP contribution >= 0.6 is 24.8 Å². The van der Waals surface area contributed by atoms with Gasteiger partial charge >= 0.3 is 6.18 Å².